The lowest BCUT2D eigenvalue weighted by molar-refractivity contribution is -0.146. The molecule has 1 aromatic rings. The van der Waals surface area contributed by atoms with Crippen LogP contribution >= 0.6 is 11.3 Å². The van der Waals surface area contributed by atoms with E-state index in [0.717, 1.165) is 12.8 Å². The summed E-state index contributed by atoms with van der Waals surface area (Å²) in [6, 6.07) is 3.52. The molecule has 1 aliphatic carbocycles. The Balaban J connectivity index is 1.81. The van der Waals surface area contributed by atoms with E-state index >= 15 is 0 Å². The number of amides is 2. The number of thiophene rings is 1. The number of carboxylic acid groups (broad SMARTS) is 1. The molecule has 0 aliphatic heterocycles. The van der Waals surface area contributed by atoms with Gasteiger partial charge in [0, 0.05) is 13.0 Å². The predicted octanol–water partition coefficient (Wildman–Crippen LogP) is 2.02. The fourth-order valence-corrected chi connectivity index (χ4v) is 3.68. The van der Waals surface area contributed by atoms with Crippen molar-refractivity contribution < 1.29 is 19.5 Å². The third-order valence-electron chi connectivity index (χ3n) is 4.31. The summed E-state index contributed by atoms with van der Waals surface area (Å²) in [6.45, 7) is 2.03. The van der Waals surface area contributed by atoms with Crippen LogP contribution in [0.2, 0.25) is 0 Å². The van der Waals surface area contributed by atoms with Crippen LogP contribution in [0, 0.1) is 5.92 Å². The molecule has 0 saturated heterocycles. The second-order valence-corrected chi connectivity index (χ2v) is 7.03. The van der Waals surface area contributed by atoms with Gasteiger partial charge >= 0.3 is 5.97 Å². The standard InChI is InChI=1S/C16H22N2O4S/c1-16(8-3-2-5-11(16)15(21)22)18-13(19)7-9-17-14(20)12-6-4-10-23-12/h4,6,10-11H,2-3,5,7-9H2,1H3,(H,17,20)(H,18,19)(H,21,22). The summed E-state index contributed by atoms with van der Waals surface area (Å²) in [7, 11) is 0. The van der Waals surface area contributed by atoms with Crippen molar-refractivity contribution in [2.75, 3.05) is 6.54 Å². The Morgan fingerprint density at radius 3 is 2.83 bits per heavy atom. The van der Waals surface area contributed by atoms with Gasteiger partial charge in [-0.1, -0.05) is 18.9 Å². The molecule has 2 unspecified atom stereocenters. The zero-order valence-electron chi connectivity index (χ0n) is 13.1. The van der Waals surface area contributed by atoms with E-state index in [-0.39, 0.29) is 24.8 Å². The maximum Gasteiger partial charge on any atom is 0.308 e. The first-order valence-corrected chi connectivity index (χ1v) is 8.66. The van der Waals surface area contributed by atoms with E-state index in [1.807, 2.05) is 5.38 Å². The van der Waals surface area contributed by atoms with E-state index in [0.29, 0.717) is 17.7 Å². The van der Waals surface area contributed by atoms with Crippen molar-refractivity contribution in [3.8, 4) is 0 Å². The van der Waals surface area contributed by atoms with Crippen LogP contribution < -0.4 is 10.6 Å². The molecule has 23 heavy (non-hydrogen) atoms. The maximum absolute atomic E-state index is 12.1. The maximum atomic E-state index is 12.1. The molecule has 0 radical (unpaired) electrons. The van der Waals surface area contributed by atoms with Gasteiger partial charge < -0.3 is 15.7 Å². The molecular weight excluding hydrogens is 316 g/mol. The lowest BCUT2D eigenvalue weighted by Gasteiger charge is -2.39. The lowest BCUT2D eigenvalue weighted by atomic mass is 9.74. The zero-order chi connectivity index (χ0) is 16.9. The van der Waals surface area contributed by atoms with Crippen LogP contribution in [0.5, 0.6) is 0 Å². The Morgan fingerprint density at radius 1 is 1.39 bits per heavy atom. The average molecular weight is 338 g/mol. The van der Waals surface area contributed by atoms with Crippen molar-refractivity contribution in [2.24, 2.45) is 5.92 Å². The van der Waals surface area contributed by atoms with Gasteiger partial charge in [-0.25, -0.2) is 0 Å². The SMILES string of the molecule is CC1(NC(=O)CCNC(=O)c2cccs2)CCCCC1C(=O)O. The molecule has 0 aromatic carbocycles. The Hall–Kier alpha value is -1.89. The van der Waals surface area contributed by atoms with Gasteiger partial charge in [0.15, 0.2) is 0 Å². The number of aliphatic carboxylic acids is 1. The van der Waals surface area contributed by atoms with Gasteiger partial charge in [-0.05, 0) is 31.2 Å². The summed E-state index contributed by atoms with van der Waals surface area (Å²) >= 11 is 1.34. The smallest absolute Gasteiger partial charge is 0.308 e. The van der Waals surface area contributed by atoms with Crippen molar-refractivity contribution in [2.45, 2.75) is 44.6 Å². The molecule has 0 spiro atoms. The number of hydrogen-bond acceptors (Lipinski definition) is 4. The summed E-state index contributed by atoms with van der Waals surface area (Å²) in [4.78, 5) is 35.9. The Bertz CT molecular complexity index is 573. The zero-order valence-corrected chi connectivity index (χ0v) is 13.9. The van der Waals surface area contributed by atoms with Gasteiger partial charge in [0.2, 0.25) is 5.91 Å². The minimum absolute atomic E-state index is 0.138. The Labute approximate surface area is 139 Å². The molecule has 7 heteroatoms. The molecular formula is C16H22N2O4S. The number of carbonyl (C=O) groups excluding carboxylic acids is 2. The lowest BCUT2D eigenvalue weighted by Crippen LogP contribution is -2.55. The van der Waals surface area contributed by atoms with E-state index in [1.54, 1.807) is 19.1 Å². The van der Waals surface area contributed by atoms with Crippen LogP contribution in [0.3, 0.4) is 0 Å². The highest BCUT2D eigenvalue weighted by molar-refractivity contribution is 7.12. The minimum Gasteiger partial charge on any atom is -0.481 e. The molecule has 1 fully saturated rings. The second kappa shape index (κ2) is 7.59. The normalized spacial score (nSPS) is 24.0. The first kappa shape index (κ1) is 17.5. The topological polar surface area (TPSA) is 95.5 Å². The number of rotatable bonds is 6. The van der Waals surface area contributed by atoms with Gasteiger partial charge in [0.1, 0.15) is 0 Å². The number of nitrogens with one attached hydrogen (secondary N) is 2. The summed E-state index contributed by atoms with van der Waals surface area (Å²) in [5, 5.41) is 16.7. The van der Waals surface area contributed by atoms with Crippen LogP contribution in [-0.4, -0.2) is 35.0 Å². The molecule has 1 saturated carbocycles. The first-order valence-electron chi connectivity index (χ1n) is 7.78. The van der Waals surface area contributed by atoms with Crippen LogP contribution in [0.1, 0.15) is 48.7 Å². The number of carbonyl (C=O) groups is 3. The number of hydrogen-bond donors (Lipinski definition) is 3. The molecule has 0 bridgehead atoms. The molecule has 3 N–H and O–H groups in total. The monoisotopic (exact) mass is 338 g/mol. The largest absolute Gasteiger partial charge is 0.481 e. The quantitative estimate of drug-likeness (QED) is 0.739. The van der Waals surface area contributed by atoms with Crippen LogP contribution in [-0.2, 0) is 9.59 Å². The van der Waals surface area contributed by atoms with Crippen LogP contribution in [0.4, 0.5) is 0 Å². The van der Waals surface area contributed by atoms with Crippen LogP contribution in [0.25, 0.3) is 0 Å². The highest BCUT2D eigenvalue weighted by Crippen LogP contribution is 2.33. The fourth-order valence-electron chi connectivity index (χ4n) is 3.04. The van der Waals surface area contributed by atoms with Crippen molar-refractivity contribution in [1.29, 1.82) is 0 Å². The molecule has 1 aliphatic rings. The third kappa shape index (κ3) is 4.54. The summed E-state index contributed by atoms with van der Waals surface area (Å²) in [5.41, 5.74) is -0.709. The van der Waals surface area contributed by atoms with E-state index in [2.05, 4.69) is 10.6 Å². The predicted molar refractivity (Wildman–Crippen MR) is 87.4 cm³/mol. The van der Waals surface area contributed by atoms with Crippen molar-refractivity contribution in [1.82, 2.24) is 10.6 Å². The highest BCUT2D eigenvalue weighted by atomic mass is 32.1. The molecule has 126 valence electrons. The van der Waals surface area contributed by atoms with Gasteiger partial charge in [-0.2, -0.15) is 0 Å². The molecule has 6 nitrogen and oxygen atoms in total. The van der Waals surface area contributed by atoms with Gasteiger partial charge in [-0.3, -0.25) is 14.4 Å². The molecule has 1 aromatic heterocycles. The van der Waals surface area contributed by atoms with Gasteiger partial charge in [-0.15, -0.1) is 11.3 Å². The summed E-state index contributed by atoms with van der Waals surface area (Å²) < 4.78 is 0. The minimum atomic E-state index is -0.863. The van der Waals surface area contributed by atoms with Crippen molar-refractivity contribution in [3.05, 3.63) is 22.4 Å². The molecule has 2 atom stereocenters. The Kier molecular flexibility index (Phi) is 5.76. The van der Waals surface area contributed by atoms with Crippen LogP contribution in [0.15, 0.2) is 17.5 Å². The number of carboxylic acids is 1. The molecule has 1 heterocycles. The van der Waals surface area contributed by atoms with Crippen molar-refractivity contribution >= 4 is 29.1 Å². The third-order valence-corrected chi connectivity index (χ3v) is 5.18. The van der Waals surface area contributed by atoms with Gasteiger partial charge in [0.05, 0.1) is 16.3 Å². The second-order valence-electron chi connectivity index (χ2n) is 6.09. The highest BCUT2D eigenvalue weighted by Gasteiger charge is 2.41. The first-order chi connectivity index (χ1) is 10.9. The fraction of sp³-hybridized carbons (Fsp3) is 0.562. The molecule has 2 rings (SSSR count). The Morgan fingerprint density at radius 2 is 2.17 bits per heavy atom. The summed E-state index contributed by atoms with van der Waals surface area (Å²) in [5.74, 6) is -1.84. The van der Waals surface area contributed by atoms with E-state index in [9.17, 15) is 19.5 Å². The van der Waals surface area contributed by atoms with Crippen molar-refractivity contribution in [3.63, 3.8) is 0 Å². The average Bonchev–Trinajstić information content (AvgIpc) is 3.01. The molecule has 2 amide bonds. The van der Waals surface area contributed by atoms with E-state index in [4.69, 9.17) is 0 Å². The van der Waals surface area contributed by atoms with E-state index in [1.165, 1.54) is 11.3 Å². The summed E-state index contributed by atoms with van der Waals surface area (Å²) in [6.07, 6.45) is 3.17. The van der Waals surface area contributed by atoms with E-state index < -0.39 is 17.4 Å². The van der Waals surface area contributed by atoms with Gasteiger partial charge in [0.25, 0.3) is 5.91 Å².